The lowest BCUT2D eigenvalue weighted by Crippen LogP contribution is -2.39. The standard InChI is InChI=1S/C15H17F3N2/c1-2-12-5-3-4-8-20(12)13-7-6-11(10-19)14(9-13)15(16,17)18/h6-7,9,12H,2-5,8H2,1H3. The second-order valence-corrected chi connectivity index (χ2v) is 5.09. The Hall–Kier alpha value is -1.70. The van der Waals surface area contributed by atoms with Crippen molar-refractivity contribution in [1.29, 1.82) is 5.26 Å². The van der Waals surface area contributed by atoms with E-state index in [0.717, 1.165) is 38.3 Å². The molecule has 5 heteroatoms. The van der Waals surface area contributed by atoms with Crippen LogP contribution in [0.5, 0.6) is 0 Å². The summed E-state index contributed by atoms with van der Waals surface area (Å²) >= 11 is 0. The van der Waals surface area contributed by atoms with Gasteiger partial charge in [0.25, 0.3) is 0 Å². The van der Waals surface area contributed by atoms with Gasteiger partial charge in [0, 0.05) is 18.3 Å². The molecule has 0 N–H and O–H groups in total. The summed E-state index contributed by atoms with van der Waals surface area (Å²) in [6.07, 6.45) is -0.437. The lowest BCUT2D eigenvalue weighted by atomic mass is 9.98. The van der Waals surface area contributed by atoms with Crippen molar-refractivity contribution in [3.8, 4) is 6.07 Å². The van der Waals surface area contributed by atoms with Gasteiger partial charge in [0.15, 0.2) is 0 Å². The van der Waals surface area contributed by atoms with Crippen molar-refractivity contribution < 1.29 is 13.2 Å². The minimum atomic E-state index is -4.49. The molecular weight excluding hydrogens is 265 g/mol. The van der Waals surface area contributed by atoms with Gasteiger partial charge in [0.1, 0.15) is 0 Å². The molecule has 2 nitrogen and oxygen atoms in total. The molecular formula is C15H17F3N2. The van der Waals surface area contributed by atoms with Gasteiger partial charge in [0.05, 0.1) is 17.2 Å². The van der Waals surface area contributed by atoms with E-state index in [-0.39, 0.29) is 11.6 Å². The average molecular weight is 282 g/mol. The number of hydrogen-bond acceptors (Lipinski definition) is 2. The number of benzene rings is 1. The van der Waals surface area contributed by atoms with Crippen LogP contribution in [0.3, 0.4) is 0 Å². The summed E-state index contributed by atoms with van der Waals surface area (Å²) in [4.78, 5) is 2.04. The molecule has 1 aromatic carbocycles. The van der Waals surface area contributed by atoms with E-state index in [9.17, 15) is 13.2 Å². The van der Waals surface area contributed by atoms with Crippen LogP contribution in [0.25, 0.3) is 0 Å². The van der Waals surface area contributed by atoms with Gasteiger partial charge in [-0.25, -0.2) is 0 Å². The molecule has 108 valence electrons. The SMILES string of the molecule is CCC1CCCCN1c1ccc(C#N)c(C(F)(F)F)c1. The smallest absolute Gasteiger partial charge is 0.369 e. The van der Waals surface area contributed by atoms with Crippen LogP contribution in [0, 0.1) is 11.3 Å². The van der Waals surface area contributed by atoms with E-state index >= 15 is 0 Å². The highest BCUT2D eigenvalue weighted by atomic mass is 19.4. The topological polar surface area (TPSA) is 27.0 Å². The fraction of sp³-hybridized carbons (Fsp3) is 0.533. The Balaban J connectivity index is 2.40. The zero-order valence-corrected chi connectivity index (χ0v) is 11.4. The van der Waals surface area contributed by atoms with Crippen molar-refractivity contribution >= 4 is 5.69 Å². The Bertz CT molecular complexity index is 517. The van der Waals surface area contributed by atoms with E-state index in [0.29, 0.717) is 5.69 Å². The summed E-state index contributed by atoms with van der Waals surface area (Å²) in [5, 5.41) is 8.82. The van der Waals surface area contributed by atoms with Crippen LogP contribution in [0.15, 0.2) is 18.2 Å². The third-order valence-electron chi connectivity index (χ3n) is 3.86. The molecule has 2 rings (SSSR count). The maximum absolute atomic E-state index is 13.0. The molecule has 0 bridgehead atoms. The van der Waals surface area contributed by atoms with Crippen molar-refractivity contribution in [3.05, 3.63) is 29.3 Å². The van der Waals surface area contributed by atoms with Crippen LogP contribution in [0.1, 0.15) is 43.7 Å². The molecule has 0 amide bonds. The third kappa shape index (κ3) is 2.90. The fourth-order valence-corrected chi connectivity index (χ4v) is 2.81. The van der Waals surface area contributed by atoms with E-state index in [1.54, 1.807) is 12.1 Å². The Kier molecular flexibility index (Phi) is 4.22. The summed E-state index contributed by atoms with van der Waals surface area (Å²) in [5.74, 6) is 0. The third-order valence-corrected chi connectivity index (χ3v) is 3.86. The molecule has 20 heavy (non-hydrogen) atoms. The molecule has 1 aliphatic heterocycles. The molecule has 1 unspecified atom stereocenters. The van der Waals surface area contributed by atoms with Crippen LogP contribution < -0.4 is 4.90 Å². The largest absolute Gasteiger partial charge is 0.417 e. The number of hydrogen-bond donors (Lipinski definition) is 0. The normalized spacial score (nSPS) is 19.8. The van der Waals surface area contributed by atoms with Crippen molar-refractivity contribution in [2.24, 2.45) is 0 Å². The number of rotatable bonds is 2. The Morgan fingerprint density at radius 3 is 2.70 bits per heavy atom. The van der Waals surface area contributed by atoms with Crippen molar-refractivity contribution in [1.82, 2.24) is 0 Å². The number of nitriles is 1. The van der Waals surface area contributed by atoms with E-state index < -0.39 is 11.7 Å². The van der Waals surface area contributed by atoms with Crippen molar-refractivity contribution in [2.45, 2.75) is 44.8 Å². The monoisotopic (exact) mass is 282 g/mol. The maximum atomic E-state index is 13.0. The lowest BCUT2D eigenvalue weighted by molar-refractivity contribution is -0.137. The Morgan fingerprint density at radius 1 is 1.35 bits per heavy atom. The van der Waals surface area contributed by atoms with Gasteiger partial charge < -0.3 is 4.90 Å². The number of piperidine rings is 1. The van der Waals surface area contributed by atoms with Crippen LogP contribution in [0.4, 0.5) is 18.9 Å². The minimum absolute atomic E-state index is 0.290. The van der Waals surface area contributed by atoms with Gasteiger partial charge >= 0.3 is 6.18 Å². The Morgan fingerprint density at radius 2 is 2.10 bits per heavy atom. The first kappa shape index (κ1) is 14.7. The molecule has 1 aliphatic rings. The molecule has 0 spiro atoms. The number of nitrogens with zero attached hydrogens (tertiary/aromatic N) is 2. The van der Waals surface area contributed by atoms with E-state index in [4.69, 9.17) is 5.26 Å². The van der Waals surface area contributed by atoms with E-state index in [1.165, 1.54) is 6.07 Å². The van der Waals surface area contributed by atoms with Gasteiger partial charge in [0.2, 0.25) is 0 Å². The predicted molar refractivity (Wildman–Crippen MR) is 71.4 cm³/mol. The molecule has 1 heterocycles. The zero-order chi connectivity index (χ0) is 14.8. The van der Waals surface area contributed by atoms with Crippen LogP contribution in [-0.2, 0) is 6.18 Å². The second kappa shape index (κ2) is 5.74. The molecule has 1 fully saturated rings. The van der Waals surface area contributed by atoms with Gasteiger partial charge in [-0.15, -0.1) is 0 Å². The number of anilines is 1. The molecule has 0 radical (unpaired) electrons. The number of halogens is 3. The summed E-state index contributed by atoms with van der Waals surface area (Å²) in [5.41, 5.74) is -0.577. The number of alkyl halides is 3. The molecule has 1 aromatic rings. The summed E-state index contributed by atoms with van der Waals surface area (Å²) in [6.45, 7) is 2.83. The Labute approximate surface area is 116 Å². The highest BCUT2D eigenvalue weighted by Crippen LogP contribution is 2.36. The van der Waals surface area contributed by atoms with E-state index in [1.807, 2.05) is 4.90 Å². The van der Waals surface area contributed by atoms with Crippen LogP contribution in [-0.4, -0.2) is 12.6 Å². The lowest BCUT2D eigenvalue weighted by Gasteiger charge is -2.37. The molecule has 1 saturated heterocycles. The first-order valence-corrected chi connectivity index (χ1v) is 6.85. The highest BCUT2D eigenvalue weighted by Gasteiger charge is 2.34. The van der Waals surface area contributed by atoms with Gasteiger partial charge in [-0.05, 0) is 43.9 Å². The first-order chi connectivity index (χ1) is 9.47. The summed E-state index contributed by atoms with van der Waals surface area (Å²) < 4.78 is 39.0. The van der Waals surface area contributed by atoms with Crippen molar-refractivity contribution in [2.75, 3.05) is 11.4 Å². The quantitative estimate of drug-likeness (QED) is 0.806. The highest BCUT2D eigenvalue weighted by molar-refractivity contribution is 5.55. The van der Waals surface area contributed by atoms with Gasteiger partial charge in [-0.2, -0.15) is 18.4 Å². The molecule has 0 aromatic heterocycles. The second-order valence-electron chi connectivity index (χ2n) is 5.09. The fourth-order valence-electron chi connectivity index (χ4n) is 2.81. The van der Waals surface area contributed by atoms with Crippen molar-refractivity contribution in [3.63, 3.8) is 0 Å². The van der Waals surface area contributed by atoms with Gasteiger partial charge in [-0.1, -0.05) is 6.92 Å². The average Bonchev–Trinajstić information content (AvgIpc) is 2.45. The van der Waals surface area contributed by atoms with Gasteiger partial charge in [-0.3, -0.25) is 0 Å². The molecule has 1 atom stereocenters. The first-order valence-electron chi connectivity index (χ1n) is 6.85. The molecule has 0 aliphatic carbocycles. The summed E-state index contributed by atoms with van der Waals surface area (Å²) in [6, 6.07) is 5.93. The zero-order valence-electron chi connectivity index (χ0n) is 11.4. The van der Waals surface area contributed by atoms with Crippen LogP contribution in [0.2, 0.25) is 0 Å². The van der Waals surface area contributed by atoms with Crippen LogP contribution >= 0.6 is 0 Å². The maximum Gasteiger partial charge on any atom is 0.417 e. The van der Waals surface area contributed by atoms with E-state index in [2.05, 4.69) is 6.92 Å². The summed E-state index contributed by atoms with van der Waals surface area (Å²) in [7, 11) is 0. The predicted octanol–water partition coefficient (Wildman–Crippen LogP) is 4.35. The minimum Gasteiger partial charge on any atom is -0.369 e. The molecule has 0 saturated carbocycles.